The summed E-state index contributed by atoms with van der Waals surface area (Å²) in [5, 5.41) is 2.37. The van der Waals surface area contributed by atoms with Crippen LogP contribution in [0.4, 0.5) is 0 Å². The monoisotopic (exact) mass is 193 g/mol. The van der Waals surface area contributed by atoms with Gasteiger partial charge in [-0.2, -0.15) is 0 Å². The van der Waals surface area contributed by atoms with Gasteiger partial charge in [0, 0.05) is 6.92 Å². The van der Waals surface area contributed by atoms with E-state index in [1.54, 1.807) is 0 Å². The SMILES string of the molecule is CC(=O)NC(Br)C(C)=O. The Morgan fingerprint density at radius 1 is 1.44 bits per heavy atom. The fourth-order valence-electron chi connectivity index (χ4n) is 0.280. The molecule has 0 aromatic carbocycles. The van der Waals surface area contributed by atoms with Crippen LogP contribution in [-0.2, 0) is 9.59 Å². The highest BCUT2D eigenvalue weighted by Crippen LogP contribution is 1.94. The molecule has 0 bridgehead atoms. The van der Waals surface area contributed by atoms with Crippen LogP contribution in [0, 0.1) is 0 Å². The van der Waals surface area contributed by atoms with Gasteiger partial charge in [-0.1, -0.05) is 15.9 Å². The predicted octanol–water partition coefficient (Wildman–Crippen LogP) is 0.432. The summed E-state index contributed by atoms with van der Waals surface area (Å²) in [6, 6.07) is 0. The van der Waals surface area contributed by atoms with Crippen molar-refractivity contribution >= 4 is 27.6 Å². The molecule has 1 amide bonds. The molecule has 1 N–H and O–H groups in total. The molecule has 9 heavy (non-hydrogen) atoms. The van der Waals surface area contributed by atoms with Crippen molar-refractivity contribution in [1.82, 2.24) is 5.32 Å². The van der Waals surface area contributed by atoms with E-state index in [2.05, 4.69) is 21.2 Å². The number of hydrogen-bond donors (Lipinski definition) is 1. The van der Waals surface area contributed by atoms with E-state index in [4.69, 9.17) is 0 Å². The second-order valence-corrected chi connectivity index (χ2v) is 2.59. The van der Waals surface area contributed by atoms with Crippen LogP contribution < -0.4 is 5.32 Å². The summed E-state index contributed by atoms with van der Waals surface area (Å²) in [5.41, 5.74) is 0. The zero-order valence-corrected chi connectivity index (χ0v) is 6.86. The summed E-state index contributed by atoms with van der Waals surface area (Å²) >= 11 is 2.96. The minimum Gasteiger partial charge on any atom is -0.337 e. The van der Waals surface area contributed by atoms with Crippen LogP contribution in [-0.4, -0.2) is 16.6 Å². The van der Waals surface area contributed by atoms with Crippen LogP contribution in [0.5, 0.6) is 0 Å². The molecule has 0 aromatic rings. The molecule has 0 fully saturated rings. The second kappa shape index (κ2) is 3.61. The van der Waals surface area contributed by atoms with Crippen molar-refractivity contribution in [3.63, 3.8) is 0 Å². The van der Waals surface area contributed by atoms with Crippen molar-refractivity contribution in [1.29, 1.82) is 0 Å². The smallest absolute Gasteiger partial charge is 0.218 e. The topological polar surface area (TPSA) is 46.2 Å². The van der Waals surface area contributed by atoms with Crippen molar-refractivity contribution < 1.29 is 9.59 Å². The van der Waals surface area contributed by atoms with E-state index >= 15 is 0 Å². The fourth-order valence-corrected chi connectivity index (χ4v) is 0.602. The molecular weight excluding hydrogens is 186 g/mol. The molecule has 0 aromatic heterocycles. The molecule has 0 aliphatic heterocycles. The number of hydrogen-bond acceptors (Lipinski definition) is 2. The maximum absolute atomic E-state index is 10.4. The molecule has 3 nitrogen and oxygen atoms in total. The van der Waals surface area contributed by atoms with Gasteiger partial charge in [0.2, 0.25) is 5.91 Å². The molecule has 0 aliphatic rings. The van der Waals surface area contributed by atoms with Gasteiger partial charge in [0.05, 0.1) is 0 Å². The minimum atomic E-state index is -0.532. The van der Waals surface area contributed by atoms with E-state index in [-0.39, 0.29) is 11.7 Å². The van der Waals surface area contributed by atoms with Gasteiger partial charge in [-0.3, -0.25) is 9.59 Å². The van der Waals surface area contributed by atoms with Gasteiger partial charge in [0.1, 0.15) is 4.95 Å². The maximum atomic E-state index is 10.4. The van der Waals surface area contributed by atoms with E-state index < -0.39 is 4.95 Å². The van der Waals surface area contributed by atoms with Crippen LogP contribution in [0.3, 0.4) is 0 Å². The first-order valence-corrected chi connectivity index (χ1v) is 3.37. The van der Waals surface area contributed by atoms with E-state index in [0.717, 1.165) is 0 Å². The number of alkyl halides is 1. The van der Waals surface area contributed by atoms with Crippen LogP contribution in [0.15, 0.2) is 0 Å². The Labute approximate surface area is 61.9 Å². The van der Waals surface area contributed by atoms with Crippen LogP contribution in [0.2, 0.25) is 0 Å². The summed E-state index contributed by atoms with van der Waals surface area (Å²) in [7, 11) is 0. The first-order valence-electron chi connectivity index (χ1n) is 2.45. The van der Waals surface area contributed by atoms with Gasteiger partial charge >= 0.3 is 0 Å². The molecule has 0 rings (SSSR count). The highest BCUT2D eigenvalue weighted by molar-refractivity contribution is 9.10. The van der Waals surface area contributed by atoms with Crippen molar-refractivity contribution in [2.75, 3.05) is 0 Å². The van der Waals surface area contributed by atoms with Gasteiger partial charge < -0.3 is 5.32 Å². The number of halogens is 1. The quantitative estimate of drug-likeness (QED) is 0.511. The Morgan fingerprint density at radius 2 is 1.89 bits per heavy atom. The average molecular weight is 194 g/mol. The Hall–Kier alpha value is -0.380. The molecule has 0 radical (unpaired) electrons. The van der Waals surface area contributed by atoms with Gasteiger partial charge in [-0.15, -0.1) is 0 Å². The van der Waals surface area contributed by atoms with E-state index in [0.29, 0.717) is 0 Å². The van der Waals surface area contributed by atoms with Crippen molar-refractivity contribution in [2.45, 2.75) is 18.8 Å². The first kappa shape index (κ1) is 8.62. The Kier molecular flexibility index (Phi) is 3.46. The summed E-state index contributed by atoms with van der Waals surface area (Å²) in [6.45, 7) is 2.76. The number of rotatable bonds is 2. The Balaban J connectivity index is 3.63. The lowest BCUT2D eigenvalue weighted by Crippen LogP contribution is -2.33. The van der Waals surface area contributed by atoms with Crippen LogP contribution in [0.25, 0.3) is 0 Å². The lowest BCUT2D eigenvalue weighted by atomic mass is 10.4. The molecule has 0 spiro atoms. The average Bonchev–Trinajstić information content (AvgIpc) is 1.63. The van der Waals surface area contributed by atoms with Crippen LogP contribution >= 0.6 is 15.9 Å². The van der Waals surface area contributed by atoms with Gasteiger partial charge in [0.15, 0.2) is 5.78 Å². The van der Waals surface area contributed by atoms with E-state index in [9.17, 15) is 9.59 Å². The fraction of sp³-hybridized carbons (Fsp3) is 0.600. The van der Waals surface area contributed by atoms with Crippen LogP contribution in [0.1, 0.15) is 13.8 Å². The number of Topliss-reactive ketones (excluding diaryl/α,β-unsaturated/α-hetero) is 1. The molecule has 0 heterocycles. The summed E-state index contributed by atoms with van der Waals surface area (Å²) in [6.07, 6.45) is 0. The third-order valence-electron chi connectivity index (χ3n) is 0.687. The molecule has 1 unspecified atom stereocenters. The lowest BCUT2D eigenvalue weighted by molar-refractivity contribution is -0.123. The highest BCUT2D eigenvalue weighted by Gasteiger charge is 2.08. The Bertz CT molecular complexity index is 135. The lowest BCUT2D eigenvalue weighted by Gasteiger charge is -2.04. The summed E-state index contributed by atoms with van der Waals surface area (Å²) < 4.78 is 0. The number of nitrogens with one attached hydrogen (secondary N) is 1. The first-order chi connectivity index (χ1) is 4.04. The maximum Gasteiger partial charge on any atom is 0.218 e. The van der Waals surface area contributed by atoms with Crippen molar-refractivity contribution in [3.05, 3.63) is 0 Å². The largest absolute Gasteiger partial charge is 0.337 e. The second-order valence-electron chi connectivity index (χ2n) is 1.67. The third-order valence-corrected chi connectivity index (χ3v) is 1.56. The molecule has 52 valence electrons. The van der Waals surface area contributed by atoms with Crippen molar-refractivity contribution in [2.24, 2.45) is 0 Å². The number of carbonyl (C=O) groups excluding carboxylic acids is 2. The molecule has 0 saturated heterocycles. The number of amides is 1. The summed E-state index contributed by atoms with van der Waals surface area (Å²) in [4.78, 5) is 20.2. The molecule has 4 heteroatoms. The predicted molar refractivity (Wildman–Crippen MR) is 37.2 cm³/mol. The molecule has 0 saturated carbocycles. The van der Waals surface area contributed by atoms with E-state index in [1.807, 2.05) is 0 Å². The van der Waals surface area contributed by atoms with Gasteiger partial charge in [0.25, 0.3) is 0 Å². The molecule has 0 aliphatic carbocycles. The molecule has 1 atom stereocenters. The zero-order valence-electron chi connectivity index (χ0n) is 5.27. The third kappa shape index (κ3) is 4.14. The minimum absolute atomic E-state index is 0.106. The molecular formula is C5H8BrNO2. The zero-order chi connectivity index (χ0) is 7.44. The van der Waals surface area contributed by atoms with E-state index in [1.165, 1.54) is 13.8 Å². The van der Waals surface area contributed by atoms with Gasteiger partial charge in [-0.05, 0) is 6.92 Å². The Morgan fingerprint density at radius 3 is 2.00 bits per heavy atom. The summed E-state index contributed by atoms with van der Waals surface area (Å²) in [5.74, 6) is -0.322. The van der Waals surface area contributed by atoms with Gasteiger partial charge in [-0.25, -0.2) is 0 Å². The highest BCUT2D eigenvalue weighted by atomic mass is 79.9. The normalized spacial score (nSPS) is 12.3. The standard InChI is InChI=1S/C5H8BrNO2/c1-3(8)5(6)7-4(2)9/h5H,1-2H3,(H,7,9). The number of carbonyl (C=O) groups is 2. The van der Waals surface area contributed by atoms with Crippen molar-refractivity contribution in [3.8, 4) is 0 Å². The number of ketones is 1.